The number of anilines is 1. The number of amides is 2. The van der Waals surface area contributed by atoms with Crippen LogP contribution in [0.5, 0.6) is 17.2 Å². The van der Waals surface area contributed by atoms with Crippen LogP contribution < -0.4 is 24.4 Å². The number of fused-ring (bicyclic) bond motifs is 1. The van der Waals surface area contributed by atoms with E-state index in [-0.39, 0.29) is 18.4 Å². The molecule has 184 valence electrons. The van der Waals surface area contributed by atoms with Gasteiger partial charge in [-0.05, 0) is 63.1 Å². The number of nitrogens with one attached hydrogen (secondary N) is 1. The van der Waals surface area contributed by atoms with Gasteiger partial charge >= 0.3 is 0 Å². The molecule has 2 amide bonds. The first-order valence-corrected chi connectivity index (χ1v) is 12.2. The molecule has 0 saturated carbocycles. The third-order valence-electron chi connectivity index (χ3n) is 5.83. The van der Waals surface area contributed by atoms with Crippen molar-refractivity contribution in [3.8, 4) is 28.5 Å². The van der Waals surface area contributed by atoms with Gasteiger partial charge in [-0.1, -0.05) is 6.07 Å². The standard InChI is InChI=1S/C26H29N3O5S/c1-15-26(31)29(14-24(30)27-11-10-18-6-8-22(32-4)23(12-18)33-5)20-13-19(7-9-21(20)34-15)25-16(2)35-17(3)28-25/h6-9,12-13,15H,10-11,14H2,1-5H3,(H,27,30). The summed E-state index contributed by atoms with van der Waals surface area (Å²) in [5.74, 6) is 1.37. The van der Waals surface area contributed by atoms with Crippen molar-refractivity contribution in [3.63, 3.8) is 0 Å². The van der Waals surface area contributed by atoms with Crippen molar-refractivity contribution in [1.29, 1.82) is 0 Å². The molecule has 0 fully saturated rings. The first-order valence-electron chi connectivity index (χ1n) is 11.3. The van der Waals surface area contributed by atoms with E-state index in [1.165, 1.54) is 4.90 Å². The molecule has 0 aliphatic carbocycles. The van der Waals surface area contributed by atoms with Crippen LogP contribution in [0.4, 0.5) is 5.69 Å². The number of thiazole rings is 1. The maximum Gasteiger partial charge on any atom is 0.268 e. The lowest BCUT2D eigenvalue weighted by atomic mass is 10.1. The third-order valence-corrected chi connectivity index (χ3v) is 6.72. The molecule has 1 atom stereocenters. The van der Waals surface area contributed by atoms with E-state index in [2.05, 4.69) is 10.3 Å². The Balaban J connectivity index is 1.47. The number of benzene rings is 2. The highest BCUT2D eigenvalue weighted by molar-refractivity contribution is 7.11. The number of rotatable bonds is 8. The van der Waals surface area contributed by atoms with Crippen LogP contribution in [0.2, 0.25) is 0 Å². The number of hydrogen-bond acceptors (Lipinski definition) is 7. The summed E-state index contributed by atoms with van der Waals surface area (Å²) in [6, 6.07) is 11.3. The molecule has 1 unspecified atom stereocenters. The van der Waals surface area contributed by atoms with E-state index in [4.69, 9.17) is 14.2 Å². The zero-order chi connectivity index (χ0) is 25.1. The van der Waals surface area contributed by atoms with Crippen LogP contribution in [-0.2, 0) is 16.0 Å². The molecule has 1 aromatic heterocycles. The minimum atomic E-state index is -0.670. The molecule has 1 N–H and O–H groups in total. The predicted molar refractivity (Wildman–Crippen MR) is 136 cm³/mol. The second-order valence-corrected chi connectivity index (χ2v) is 9.70. The molecule has 0 spiro atoms. The van der Waals surface area contributed by atoms with E-state index in [1.54, 1.807) is 32.5 Å². The van der Waals surface area contributed by atoms with Crippen LogP contribution in [0.3, 0.4) is 0 Å². The zero-order valence-electron chi connectivity index (χ0n) is 20.5. The molecule has 2 aromatic carbocycles. The van der Waals surface area contributed by atoms with E-state index >= 15 is 0 Å². The largest absolute Gasteiger partial charge is 0.493 e. The van der Waals surface area contributed by atoms with Gasteiger partial charge in [0.05, 0.1) is 30.6 Å². The maximum absolute atomic E-state index is 13.0. The van der Waals surface area contributed by atoms with Gasteiger partial charge in [0.1, 0.15) is 12.3 Å². The van der Waals surface area contributed by atoms with Gasteiger partial charge in [-0.2, -0.15) is 0 Å². The predicted octanol–water partition coefficient (Wildman–Crippen LogP) is 3.92. The first kappa shape index (κ1) is 24.5. The summed E-state index contributed by atoms with van der Waals surface area (Å²) in [7, 11) is 3.18. The molecule has 35 heavy (non-hydrogen) atoms. The Bertz CT molecular complexity index is 1260. The van der Waals surface area contributed by atoms with Gasteiger partial charge < -0.3 is 19.5 Å². The fraction of sp³-hybridized carbons (Fsp3) is 0.346. The Kier molecular flexibility index (Phi) is 7.25. The Labute approximate surface area is 208 Å². The van der Waals surface area contributed by atoms with Crippen molar-refractivity contribution in [3.05, 3.63) is 51.8 Å². The lowest BCUT2D eigenvalue weighted by Gasteiger charge is -2.33. The molecule has 0 radical (unpaired) electrons. The van der Waals surface area contributed by atoms with Crippen LogP contribution in [0, 0.1) is 13.8 Å². The Morgan fingerprint density at radius 1 is 1.14 bits per heavy atom. The number of aromatic nitrogens is 1. The number of nitrogens with zero attached hydrogens (tertiary/aromatic N) is 2. The molecular formula is C26H29N3O5S. The molecule has 8 nitrogen and oxygen atoms in total. The molecule has 1 aliphatic heterocycles. The van der Waals surface area contributed by atoms with Gasteiger partial charge in [0.2, 0.25) is 5.91 Å². The highest BCUT2D eigenvalue weighted by Gasteiger charge is 2.33. The Morgan fingerprint density at radius 2 is 1.91 bits per heavy atom. The SMILES string of the molecule is COc1ccc(CCNC(=O)CN2C(=O)C(C)Oc3ccc(-c4nc(C)sc4C)cc32)cc1OC. The Hall–Kier alpha value is -3.59. The summed E-state index contributed by atoms with van der Waals surface area (Å²) in [5.41, 5.74) is 3.34. The second kappa shape index (κ2) is 10.4. The fourth-order valence-electron chi connectivity index (χ4n) is 4.10. The number of carbonyl (C=O) groups is 2. The summed E-state index contributed by atoms with van der Waals surface area (Å²) in [4.78, 5) is 33.0. The van der Waals surface area contributed by atoms with E-state index in [1.807, 2.05) is 50.2 Å². The highest BCUT2D eigenvalue weighted by atomic mass is 32.1. The number of ether oxygens (including phenoxy) is 3. The zero-order valence-corrected chi connectivity index (χ0v) is 21.3. The lowest BCUT2D eigenvalue weighted by molar-refractivity contribution is -0.128. The topological polar surface area (TPSA) is 90.0 Å². The highest BCUT2D eigenvalue weighted by Crippen LogP contribution is 2.38. The molecule has 9 heteroatoms. The summed E-state index contributed by atoms with van der Waals surface area (Å²) in [6.45, 7) is 6.00. The summed E-state index contributed by atoms with van der Waals surface area (Å²) in [5, 5.41) is 3.89. The average molecular weight is 496 g/mol. The number of carbonyl (C=O) groups excluding carboxylic acids is 2. The molecule has 0 saturated heterocycles. The van der Waals surface area contributed by atoms with Crippen molar-refractivity contribution < 1.29 is 23.8 Å². The monoisotopic (exact) mass is 495 g/mol. The average Bonchev–Trinajstić information content (AvgIpc) is 3.19. The minimum absolute atomic E-state index is 0.0933. The summed E-state index contributed by atoms with van der Waals surface area (Å²) < 4.78 is 16.4. The van der Waals surface area contributed by atoms with Gasteiger partial charge in [0.15, 0.2) is 17.6 Å². The van der Waals surface area contributed by atoms with E-state index in [9.17, 15) is 9.59 Å². The smallest absolute Gasteiger partial charge is 0.268 e. The van der Waals surface area contributed by atoms with E-state index < -0.39 is 6.10 Å². The minimum Gasteiger partial charge on any atom is -0.493 e. The number of methoxy groups -OCH3 is 2. The van der Waals surface area contributed by atoms with E-state index in [0.717, 1.165) is 26.7 Å². The van der Waals surface area contributed by atoms with Crippen molar-refractivity contribution >= 4 is 28.8 Å². The normalized spacial score (nSPS) is 14.8. The third kappa shape index (κ3) is 5.24. The molecule has 3 aromatic rings. The van der Waals surface area contributed by atoms with Crippen molar-refractivity contribution in [2.75, 3.05) is 32.2 Å². The van der Waals surface area contributed by atoms with Crippen molar-refractivity contribution in [2.24, 2.45) is 0 Å². The molecule has 1 aliphatic rings. The summed E-state index contributed by atoms with van der Waals surface area (Å²) >= 11 is 1.62. The van der Waals surface area contributed by atoms with Gasteiger partial charge in [0.25, 0.3) is 5.91 Å². The van der Waals surface area contributed by atoms with Crippen LogP contribution >= 0.6 is 11.3 Å². The first-order chi connectivity index (χ1) is 16.8. The molecule has 0 bridgehead atoms. The number of hydrogen-bond donors (Lipinski definition) is 1. The van der Waals surface area contributed by atoms with E-state index in [0.29, 0.717) is 35.9 Å². The van der Waals surface area contributed by atoms with Gasteiger partial charge in [-0.25, -0.2) is 4.98 Å². The van der Waals surface area contributed by atoms with Gasteiger partial charge in [0, 0.05) is 17.0 Å². The van der Waals surface area contributed by atoms with Crippen LogP contribution in [0.25, 0.3) is 11.3 Å². The van der Waals surface area contributed by atoms with Crippen molar-refractivity contribution in [1.82, 2.24) is 10.3 Å². The Morgan fingerprint density at radius 3 is 2.60 bits per heavy atom. The fourth-order valence-corrected chi connectivity index (χ4v) is 4.94. The molecule has 4 rings (SSSR count). The summed E-state index contributed by atoms with van der Waals surface area (Å²) in [6.07, 6.45) is -0.0564. The number of aryl methyl sites for hydroxylation is 2. The van der Waals surface area contributed by atoms with Gasteiger partial charge in [-0.15, -0.1) is 11.3 Å². The van der Waals surface area contributed by atoms with Crippen LogP contribution in [0.15, 0.2) is 36.4 Å². The van der Waals surface area contributed by atoms with Crippen LogP contribution in [0.1, 0.15) is 22.4 Å². The quantitative estimate of drug-likeness (QED) is 0.510. The van der Waals surface area contributed by atoms with Gasteiger partial charge in [-0.3, -0.25) is 14.5 Å². The van der Waals surface area contributed by atoms with Crippen molar-refractivity contribution in [2.45, 2.75) is 33.3 Å². The lowest BCUT2D eigenvalue weighted by Crippen LogP contribution is -2.49. The molecule has 2 heterocycles. The second-order valence-electron chi connectivity index (χ2n) is 8.29. The maximum atomic E-state index is 13.0. The van der Waals surface area contributed by atoms with Crippen LogP contribution in [-0.4, -0.2) is 50.2 Å². The molecular weight excluding hydrogens is 466 g/mol.